The fourth-order valence-electron chi connectivity index (χ4n) is 2.91. The van der Waals surface area contributed by atoms with E-state index >= 15 is 0 Å². The van der Waals surface area contributed by atoms with Crippen molar-refractivity contribution in [2.24, 2.45) is 0 Å². The molecule has 0 aromatic heterocycles. The molecule has 0 radical (unpaired) electrons. The lowest BCUT2D eigenvalue weighted by atomic mass is 9.86. The van der Waals surface area contributed by atoms with Gasteiger partial charge in [0.15, 0.2) is 6.10 Å². The van der Waals surface area contributed by atoms with Crippen LogP contribution in [0.3, 0.4) is 0 Å². The van der Waals surface area contributed by atoms with Gasteiger partial charge in [-0.1, -0.05) is 18.2 Å². The van der Waals surface area contributed by atoms with Crippen LogP contribution in [0.25, 0.3) is 0 Å². The Kier molecular flexibility index (Phi) is 4.73. The predicted molar refractivity (Wildman–Crippen MR) is 86.9 cm³/mol. The highest BCUT2D eigenvalue weighted by Crippen LogP contribution is 2.38. The topological polar surface area (TPSA) is 85.4 Å². The number of ether oxygens (including phenoxy) is 2. The molecule has 1 aliphatic rings. The van der Waals surface area contributed by atoms with E-state index < -0.39 is 11.0 Å². The third-order valence-electron chi connectivity index (χ3n) is 4.02. The van der Waals surface area contributed by atoms with E-state index in [-0.39, 0.29) is 11.6 Å². The molecule has 2 aromatic rings. The summed E-state index contributed by atoms with van der Waals surface area (Å²) < 4.78 is 11.2. The maximum Gasteiger partial charge on any atom is 0.273 e. The second-order valence-corrected chi connectivity index (χ2v) is 5.56. The third kappa shape index (κ3) is 3.36. The highest BCUT2D eigenvalue weighted by Gasteiger charge is 2.32. The van der Waals surface area contributed by atoms with E-state index in [1.165, 1.54) is 6.07 Å². The molecule has 1 aliphatic heterocycles. The van der Waals surface area contributed by atoms with Crippen LogP contribution in [-0.4, -0.2) is 17.6 Å². The van der Waals surface area contributed by atoms with Crippen LogP contribution in [0, 0.1) is 21.4 Å². The molecule has 0 N–H and O–H groups in total. The number of para-hydroxylation sites is 1. The van der Waals surface area contributed by atoms with E-state index in [1.807, 2.05) is 30.3 Å². The number of nitriles is 1. The summed E-state index contributed by atoms with van der Waals surface area (Å²) in [4.78, 5) is 10.9. The maximum atomic E-state index is 11.4. The van der Waals surface area contributed by atoms with Gasteiger partial charge in [0, 0.05) is 24.2 Å². The predicted octanol–water partition coefficient (Wildman–Crippen LogP) is 4.17. The van der Waals surface area contributed by atoms with Gasteiger partial charge in [-0.3, -0.25) is 10.1 Å². The summed E-state index contributed by atoms with van der Waals surface area (Å²) in [6.45, 7) is 0.503. The summed E-state index contributed by atoms with van der Waals surface area (Å²) in [5.74, 6) is 0.821. The molecule has 1 saturated heterocycles. The lowest BCUT2D eigenvalue weighted by Crippen LogP contribution is -2.27. The van der Waals surface area contributed by atoms with Gasteiger partial charge in [0.2, 0.25) is 0 Å². The number of nitro groups is 1. The number of rotatable bonds is 4. The molecule has 1 fully saturated rings. The van der Waals surface area contributed by atoms with E-state index in [4.69, 9.17) is 9.47 Å². The summed E-state index contributed by atoms with van der Waals surface area (Å²) >= 11 is 0. The van der Waals surface area contributed by atoms with E-state index in [0.717, 1.165) is 6.42 Å². The molecule has 0 aliphatic carbocycles. The van der Waals surface area contributed by atoms with Crippen molar-refractivity contribution < 1.29 is 14.4 Å². The molecule has 3 rings (SSSR count). The Balaban J connectivity index is 1.97. The van der Waals surface area contributed by atoms with Crippen LogP contribution in [-0.2, 0) is 4.74 Å². The van der Waals surface area contributed by atoms with Crippen molar-refractivity contribution in [2.45, 2.75) is 24.9 Å². The molecule has 24 heavy (non-hydrogen) atoms. The van der Waals surface area contributed by atoms with Crippen LogP contribution in [0.4, 0.5) is 5.69 Å². The maximum absolute atomic E-state index is 11.4. The van der Waals surface area contributed by atoms with E-state index in [1.54, 1.807) is 12.1 Å². The zero-order chi connectivity index (χ0) is 16.9. The van der Waals surface area contributed by atoms with Gasteiger partial charge in [-0.2, -0.15) is 5.26 Å². The summed E-state index contributed by atoms with van der Waals surface area (Å²) in [5.41, 5.74) is 0.478. The Hall–Kier alpha value is -2.91. The smallest absolute Gasteiger partial charge is 0.273 e. The standard InChI is InChI=1S/C18H16N2O4/c19-12-18-15(7-4-10-23-18)16-11-14(8-9-17(16)20(21)22)24-13-5-2-1-3-6-13/h1-3,5-6,8-9,11,15,18H,4,7,10H2. The molecular formula is C18H16N2O4. The first kappa shape index (κ1) is 16.0. The number of nitro benzene ring substituents is 1. The van der Waals surface area contributed by atoms with Gasteiger partial charge in [0.1, 0.15) is 11.5 Å². The van der Waals surface area contributed by atoms with E-state index in [9.17, 15) is 15.4 Å². The quantitative estimate of drug-likeness (QED) is 0.622. The van der Waals surface area contributed by atoms with Crippen molar-refractivity contribution in [1.29, 1.82) is 5.26 Å². The normalized spacial score (nSPS) is 20.1. The molecule has 2 atom stereocenters. The fourth-order valence-corrected chi connectivity index (χ4v) is 2.91. The molecule has 0 saturated carbocycles. The van der Waals surface area contributed by atoms with Crippen molar-refractivity contribution >= 4 is 5.69 Å². The van der Waals surface area contributed by atoms with Gasteiger partial charge in [-0.05, 0) is 37.1 Å². The van der Waals surface area contributed by atoms with Crippen LogP contribution >= 0.6 is 0 Å². The number of hydrogen-bond acceptors (Lipinski definition) is 5. The number of nitrogens with zero attached hydrogens (tertiary/aromatic N) is 2. The van der Waals surface area contributed by atoms with Crippen LogP contribution < -0.4 is 4.74 Å². The molecule has 2 aromatic carbocycles. The van der Waals surface area contributed by atoms with E-state index in [0.29, 0.717) is 30.1 Å². The zero-order valence-corrected chi connectivity index (χ0v) is 12.9. The van der Waals surface area contributed by atoms with Gasteiger partial charge < -0.3 is 9.47 Å². The number of benzene rings is 2. The fraction of sp³-hybridized carbons (Fsp3) is 0.278. The van der Waals surface area contributed by atoms with Gasteiger partial charge >= 0.3 is 0 Å². The minimum Gasteiger partial charge on any atom is -0.457 e. The molecule has 6 heteroatoms. The van der Waals surface area contributed by atoms with Crippen LogP contribution in [0.2, 0.25) is 0 Å². The second-order valence-electron chi connectivity index (χ2n) is 5.56. The van der Waals surface area contributed by atoms with Gasteiger partial charge in [-0.25, -0.2) is 0 Å². The average Bonchev–Trinajstić information content (AvgIpc) is 2.62. The van der Waals surface area contributed by atoms with Crippen molar-refractivity contribution in [2.75, 3.05) is 6.61 Å². The first-order valence-corrected chi connectivity index (χ1v) is 7.71. The molecule has 122 valence electrons. The van der Waals surface area contributed by atoms with Crippen molar-refractivity contribution in [3.63, 3.8) is 0 Å². The molecule has 6 nitrogen and oxygen atoms in total. The molecular weight excluding hydrogens is 308 g/mol. The Bertz CT molecular complexity index is 770. The molecule has 0 amide bonds. The molecule has 2 unspecified atom stereocenters. The summed E-state index contributed by atoms with van der Waals surface area (Å²) in [5, 5.41) is 20.7. The lowest BCUT2D eigenvalue weighted by Gasteiger charge is -2.27. The molecule has 1 heterocycles. The summed E-state index contributed by atoms with van der Waals surface area (Å²) in [7, 11) is 0. The van der Waals surface area contributed by atoms with E-state index in [2.05, 4.69) is 6.07 Å². The average molecular weight is 324 g/mol. The van der Waals surface area contributed by atoms with Crippen molar-refractivity contribution in [3.05, 3.63) is 64.2 Å². The highest BCUT2D eigenvalue weighted by molar-refractivity contribution is 5.49. The third-order valence-corrected chi connectivity index (χ3v) is 4.02. The van der Waals surface area contributed by atoms with Gasteiger partial charge in [0.05, 0.1) is 11.0 Å². The summed E-state index contributed by atoms with van der Waals surface area (Å²) in [6, 6.07) is 15.9. The number of hydrogen-bond donors (Lipinski definition) is 0. The second kappa shape index (κ2) is 7.11. The highest BCUT2D eigenvalue weighted by atomic mass is 16.6. The largest absolute Gasteiger partial charge is 0.457 e. The minimum atomic E-state index is -0.676. The van der Waals surface area contributed by atoms with Gasteiger partial charge in [0.25, 0.3) is 5.69 Å². The summed E-state index contributed by atoms with van der Waals surface area (Å²) in [6.07, 6.45) is 0.766. The Labute approximate surface area is 139 Å². The Morgan fingerprint density at radius 2 is 2.00 bits per heavy atom. The first-order valence-electron chi connectivity index (χ1n) is 7.71. The van der Waals surface area contributed by atoms with Crippen LogP contribution in [0.5, 0.6) is 11.5 Å². The van der Waals surface area contributed by atoms with Crippen LogP contribution in [0.1, 0.15) is 24.3 Å². The lowest BCUT2D eigenvalue weighted by molar-refractivity contribution is -0.385. The Morgan fingerprint density at radius 3 is 2.71 bits per heavy atom. The minimum absolute atomic E-state index is 0.00818. The van der Waals surface area contributed by atoms with Crippen molar-refractivity contribution in [3.8, 4) is 17.6 Å². The first-order chi connectivity index (χ1) is 11.7. The molecule has 0 bridgehead atoms. The monoisotopic (exact) mass is 324 g/mol. The van der Waals surface area contributed by atoms with Crippen molar-refractivity contribution in [1.82, 2.24) is 0 Å². The Morgan fingerprint density at radius 1 is 1.21 bits per heavy atom. The SMILES string of the molecule is N#CC1OCCCC1c1cc(Oc2ccccc2)ccc1[N+](=O)[O-]. The molecule has 0 spiro atoms. The van der Waals surface area contributed by atoms with Crippen LogP contribution in [0.15, 0.2) is 48.5 Å². The van der Waals surface area contributed by atoms with Gasteiger partial charge in [-0.15, -0.1) is 0 Å². The zero-order valence-electron chi connectivity index (χ0n) is 12.9.